The molecule has 1 heterocycles. The molecule has 0 amide bonds. The second-order valence-corrected chi connectivity index (χ2v) is 6.14. The lowest BCUT2D eigenvalue weighted by Crippen LogP contribution is -2.42. The first kappa shape index (κ1) is 21.2. The van der Waals surface area contributed by atoms with Crippen molar-refractivity contribution in [2.75, 3.05) is 13.6 Å². The lowest BCUT2D eigenvalue weighted by atomic mass is 10.0. The van der Waals surface area contributed by atoms with Gasteiger partial charge in [-0.3, -0.25) is 9.67 Å². The Labute approximate surface area is 152 Å². The molecule has 0 saturated carbocycles. The SMILES string of the molecule is CN=C(NCCc1cnn(C)c1)NC(C)CCCC(C)C.I. The van der Waals surface area contributed by atoms with Crippen molar-refractivity contribution in [2.45, 2.75) is 52.5 Å². The van der Waals surface area contributed by atoms with Crippen LogP contribution in [0.4, 0.5) is 0 Å². The lowest BCUT2D eigenvalue weighted by molar-refractivity contribution is 0.491. The molecule has 1 rings (SSSR count). The van der Waals surface area contributed by atoms with Crippen molar-refractivity contribution in [2.24, 2.45) is 18.0 Å². The van der Waals surface area contributed by atoms with E-state index in [2.05, 4.69) is 41.5 Å². The van der Waals surface area contributed by atoms with Gasteiger partial charge in [0.05, 0.1) is 6.20 Å². The molecule has 0 saturated heterocycles. The zero-order valence-corrected chi connectivity index (χ0v) is 16.9. The number of nitrogens with zero attached hydrogens (tertiary/aromatic N) is 3. The monoisotopic (exact) mass is 421 g/mol. The first-order valence-electron chi connectivity index (χ1n) is 7.96. The van der Waals surface area contributed by atoms with Crippen LogP contribution in [0.15, 0.2) is 17.4 Å². The number of nitrogens with one attached hydrogen (secondary N) is 2. The van der Waals surface area contributed by atoms with Gasteiger partial charge in [-0.1, -0.05) is 26.7 Å². The standard InChI is InChI=1S/C16H31N5.HI/c1-13(2)7-6-8-14(3)20-16(17-4)18-10-9-15-11-19-21(5)12-15;/h11-14H,6-10H2,1-5H3,(H2,17,18,20);1H. The first-order valence-corrected chi connectivity index (χ1v) is 7.96. The van der Waals surface area contributed by atoms with Crippen molar-refractivity contribution >= 4 is 29.9 Å². The summed E-state index contributed by atoms with van der Waals surface area (Å²) < 4.78 is 1.83. The van der Waals surface area contributed by atoms with Gasteiger partial charge < -0.3 is 10.6 Å². The van der Waals surface area contributed by atoms with Crippen LogP contribution < -0.4 is 10.6 Å². The molecule has 0 bridgehead atoms. The quantitative estimate of drug-likeness (QED) is 0.386. The molecule has 0 aromatic carbocycles. The average Bonchev–Trinajstić information content (AvgIpc) is 2.83. The normalized spacial score (nSPS) is 12.9. The third-order valence-electron chi connectivity index (χ3n) is 3.49. The van der Waals surface area contributed by atoms with Crippen molar-refractivity contribution in [1.82, 2.24) is 20.4 Å². The highest BCUT2D eigenvalue weighted by Crippen LogP contribution is 2.08. The number of rotatable bonds is 8. The maximum atomic E-state index is 4.28. The maximum Gasteiger partial charge on any atom is 0.191 e. The number of hydrogen-bond acceptors (Lipinski definition) is 2. The van der Waals surface area contributed by atoms with Gasteiger partial charge in [-0.15, -0.1) is 24.0 Å². The number of aryl methyl sites for hydroxylation is 1. The van der Waals surface area contributed by atoms with E-state index in [9.17, 15) is 0 Å². The molecule has 0 aliphatic carbocycles. The van der Waals surface area contributed by atoms with E-state index < -0.39 is 0 Å². The number of aliphatic imine (C=N–C) groups is 1. The van der Waals surface area contributed by atoms with E-state index in [4.69, 9.17) is 0 Å². The fourth-order valence-electron chi connectivity index (χ4n) is 2.26. The second kappa shape index (κ2) is 11.7. The smallest absolute Gasteiger partial charge is 0.191 e. The molecule has 5 nitrogen and oxygen atoms in total. The van der Waals surface area contributed by atoms with E-state index in [1.807, 2.05) is 31.2 Å². The van der Waals surface area contributed by atoms with Crippen LogP contribution in [0.1, 0.15) is 45.6 Å². The topological polar surface area (TPSA) is 54.2 Å². The van der Waals surface area contributed by atoms with E-state index in [-0.39, 0.29) is 24.0 Å². The number of hydrogen-bond donors (Lipinski definition) is 2. The molecule has 1 aromatic heterocycles. The van der Waals surface area contributed by atoms with Crippen molar-refractivity contribution in [3.05, 3.63) is 18.0 Å². The molecule has 128 valence electrons. The fourth-order valence-corrected chi connectivity index (χ4v) is 2.26. The summed E-state index contributed by atoms with van der Waals surface area (Å²) in [4.78, 5) is 4.28. The van der Waals surface area contributed by atoms with Gasteiger partial charge in [0, 0.05) is 32.9 Å². The average molecular weight is 421 g/mol. The van der Waals surface area contributed by atoms with Crippen molar-refractivity contribution < 1.29 is 0 Å². The number of halogens is 1. The number of aromatic nitrogens is 2. The third kappa shape index (κ3) is 9.27. The van der Waals surface area contributed by atoms with Crippen LogP contribution in [0.25, 0.3) is 0 Å². The molecule has 1 aromatic rings. The van der Waals surface area contributed by atoms with E-state index in [1.54, 1.807) is 0 Å². The van der Waals surface area contributed by atoms with Gasteiger partial charge in [0.25, 0.3) is 0 Å². The van der Waals surface area contributed by atoms with Crippen LogP contribution in [-0.2, 0) is 13.5 Å². The zero-order valence-electron chi connectivity index (χ0n) is 14.6. The predicted octanol–water partition coefficient (Wildman–Crippen LogP) is 2.96. The molecule has 2 N–H and O–H groups in total. The van der Waals surface area contributed by atoms with Crippen LogP contribution in [0, 0.1) is 5.92 Å². The molecule has 0 fully saturated rings. The van der Waals surface area contributed by atoms with Crippen molar-refractivity contribution in [3.8, 4) is 0 Å². The highest BCUT2D eigenvalue weighted by molar-refractivity contribution is 14.0. The maximum absolute atomic E-state index is 4.28. The Bertz CT molecular complexity index is 428. The van der Waals surface area contributed by atoms with Gasteiger partial charge in [0.15, 0.2) is 5.96 Å². The summed E-state index contributed by atoms with van der Waals surface area (Å²) in [6.07, 6.45) is 8.65. The van der Waals surface area contributed by atoms with Gasteiger partial charge in [-0.05, 0) is 31.2 Å². The van der Waals surface area contributed by atoms with E-state index in [0.29, 0.717) is 6.04 Å². The van der Waals surface area contributed by atoms with E-state index in [0.717, 1.165) is 24.8 Å². The minimum atomic E-state index is 0. The minimum Gasteiger partial charge on any atom is -0.356 e. The van der Waals surface area contributed by atoms with Gasteiger partial charge >= 0.3 is 0 Å². The molecule has 0 aliphatic heterocycles. The van der Waals surface area contributed by atoms with Crippen LogP contribution in [0.5, 0.6) is 0 Å². The molecule has 6 heteroatoms. The summed E-state index contributed by atoms with van der Waals surface area (Å²) in [6.45, 7) is 7.63. The molecule has 1 unspecified atom stereocenters. The molecule has 22 heavy (non-hydrogen) atoms. The summed E-state index contributed by atoms with van der Waals surface area (Å²) in [7, 11) is 3.76. The largest absolute Gasteiger partial charge is 0.356 e. The van der Waals surface area contributed by atoms with E-state index in [1.165, 1.54) is 24.8 Å². The Morgan fingerprint density at radius 3 is 2.59 bits per heavy atom. The summed E-state index contributed by atoms with van der Waals surface area (Å²) in [6, 6.07) is 0.452. The molecular formula is C16H32IN5. The second-order valence-electron chi connectivity index (χ2n) is 6.14. The Kier molecular flexibility index (Phi) is 11.3. The van der Waals surface area contributed by atoms with Gasteiger partial charge in [-0.25, -0.2) is 0 Å². The fraction of sp³-hybridized carbons (Fsp3) is 0.750. The van der Waals surface area contributed by atoms with Crippen LogP contribution in [0.3, 0.4) is 0 Å². The van der Waals surface area contributed by atoms with Crippen molar-refractivity contribution in [3.63, 3.8) is 0 Å². The van der Waals surface area contributed by atoms with E-state index >= 15 is 0 Å². The Morgan fingerprint density at radius 2 is 2.05 bits per heavy atom. The summed E-state index contributed by atoms with van der Waals surface area (Å²) in [5.74, 6) is 1.67. The summed E-state index contributed by atoms with van der Waals surface area (Å²) in [5.41, 5.74) is 1.24. The minimum absolute atomic E-state index is 0. The predicted molar refractivity (Wildman–Crippen MR) is 105 cm³/mol. The molecule has 0 radical (unpaired) electrons. The summed E-state index contributed by atoms with van der Waals surface area (Å²) in [5, 5.41) is 11.0. The number of guanidine groups is 1. The zero-order chi connectivity index (χ0) is 15.7. The van der Waals surface area contributed by atoms with Crippen LogP contribution in [-0.4, -0.2) is 35.4 Å². The molecular weight excluding hydrogens is 389 g/mol. The van der Waals surface area contributed by atoms with Crippen LogP contribution in [0.2, 0.25) is 0 Å². The molecule has 0 aliphatic rings. The first-order chi connectivity index (χ1) is 10.0. The third-order valence-corrected chi connectivity index (χ3v) is 3.49. The Morgan fingerprint density at radius 1 is 1.32 bits per heavy atom. The van der Waals surface area contributed by atoms with Gasteiger partial charge in [0.2, 0.25) is 0 Å². The summed E-state index contributed by atoms with van der Waals surface area (Å²) >= 11 is 0. The highest BCUT2D eigenvalue weighted by atomic mass is 127. The van der Waals surface area contributed by atoms with Crippen LogP contribution >= 0.6 is 24.0 Å². The molecule has 0 spiro atoms. The van der Waals surface area contributed by atoms with Gasteiger partial charge in [0.1, 0.15) is 0 Å². The molecule has 1 atom stereocenters. The highest BCUT2D eigenvalue weighted by Gasteiger charge is 2.05. The lowest BCUT2D eigenvalue weighted by Gasteiger charge is -2.18. The van der Waals surface area contributed by atoms with Crippen molar-refractivity contribution in [1.29, 1.82) is 0 Å². The Hall–Kier alpha value is -0.790. The Balaban J connectivity index is 0.00000441. The van der Waals surface area contributed by atoms with Gasteiger partial charge in [-0.2, -0.15) is 5.10 Å².